The molecule has 2 N–H and O–H groups in total. The van der Waals surface area contributed by atoms with Crippen molar-refractivity contribution in [3.05, 3.63) is 33.4 Å². The molecule has 1 rings (SSSR count). The van der Waals surface area contributed by atoms with Gasteiger partial charge in [0.05, 0.1) is 5.56 Å². The first-order chi connectivity index (χ1) is 7.34. The number of carboxylic acids is 1. The molecule has 0 bridgehead atoms. The predicted octanol–water partition coefficient (Wildman–Crippen LogP) is 1.88. The second-order valence-electron chi connectivity index (χ2n) is 3.86. The SMILES string of the molecule is CC(C)(NC(=O)c1ccccc1I)C(=O)O. The maximum atomic E-state index is 11.8. The van der Waals surface area contributed by atoms with Crippen molar-refractivity contribution in [1.29, 1.82) is 0 Å². The van der Waals surface area contributed by atoms with Crippen LogP contribution in [0.1, 0.15) is 24.2 Å². The van der Waals surface area contributed by atoms with Gasteiger partial charge in [0.25, 0.3) is 5.91 Å². The van der Waals surface area contributed by atoms with Gasteiger partial charge in [0.15, 0.2) is 0 Å². The van der Waals surface area contributed by atoms with E-state index in [-0.39, 0.29) is 5.91 Å². The topological polar surface area (TPSA) is 66.4 Å². The van der Waals surface area contributed by atoms with Gasteiger partial charge < -0.3 is 10.4 Å². The molecule has 0 aromatic heterocycles. The Morgan fingerprint density at radius 3 is 2.38 bits per heavy atom. The van der Waals surface area contributed by atoms with Crippen molar-refractivity contribution >= 4 is 34.5 Å². The average Bonchev–Trinajstić information content (AvgIpc) is 2.17. The summed E-state index contributed by atoms with van der Waals surface area (Å²) in [5.74, 6) is -1.44. The first kappa shape index (κ1) is 13.0. The molecule has 0 atom stereocenters. The minimum Gasteiger partial charge on any atom is -0.480 e. The van der Waals surface area contributed by atoms with Gasteiger partial charge in [0.2, 0.25) is 0 Å². The van der Waals surface area contributed by atoms with Gasteiger partial charge in [0.1, 0.15) is 5.54 Å². The molecule has 0 aliphatic heterocycles. The normalized spacial score (nSPS) is 10.9. The molecular weight excluding hydrogens is 321 g/mol. The van der Waals surface area contributed by atoms with Gasteiger partial charge in [0, 0.05) is 3.57 Å². The van der Waals surface area contributed by atoms with Crippen LogP contribution in [0, 0.1) is 3.57 Å². The standard InChI is InChI=1S/C11H12INO3/c1-11(2,10(15)16)13-9(14)7-5-3-4-6-8(7)12/h3-6H,1-2H3,(H,13,14)(H,15,16). The molecule has 86 valence electrons. The summed E-state index contributed by atoms with van der Waals surface area (Å²) < 4.78 is 0.791. The van der Waals surface area contributed by atoms with Crippen molar-refractivity contribution < 1.29 is 14.7 Å². The van der Waals surface area contributed by atoms with E-state index in [1.807, 2.05) is 28.7 Å². The van der Waals surface area contributed by atoms with Gasteiger partial charge in [-0.3, -0.25) is 4.79 Å². The molecule has 0 radical (unpaired) electrons. The Morgan fingerprint density at radius 2 is 1.88 bits per heavy atom. The highest BCUT2D eigenvalue weighted by Crippen LogP contribution is 2.13. The molecule has 0 saturated carbocycles. The third-order valence-electron chi connectivity index (χ3n) is 2.08. The molecular formula is C11H12INO3. The minimum absolute atomic E-state index is 0.377. The molecule has 0 aliphatic carbocycles. The van der Waals surface area contributed by atoms with Crippen molar-refractivity contribution in [3.8, 4) is 0 Å². The van der Waals surface area contributed by atoms with Crippen molar-refractivity contribution in [2.24, 2.45) is 0 Å². The number of hydrogen-bond acceptors (Lipinski definition) is 2. The van der Waals surface area contributed by atoms with Gasteiger partial charge >= 0.3 is 5.97 Å². The van der Waals surface area contributed by atoms with Crippen molar-refractivity contribution in [1.82, 2.24) is 5.32 Å². The van der Waals surface area contributed by atoms with Gasteiger partial charge in [-0.1, -0.05) is 12.1 Å². The summed E-state index contributed by atoms with van der Waals surface area (Å²) in [6.07, 6.45) is 0. The lowest BCUT2D eigenvalue weighted by Gasteiger charge is -2.21. The van der Waals surface area contributed by atoms with Gasteiger partial charge in [-0.05, 0) is 48.6 Å². The molecule has 16 heavy (non-hydrogen) atoms. The van der Waals surface area contributed by atoms with Crippen LogP contribution in [0.25, 0.3) is 0 Å². The average molecular weight is 333 g/mol. The van der Waals surface area contributed by atoms with Crippen LogP contribution >= 0.6 is 22.6 Å². The zero-order chi connectivity index (χ0) is 12.3. The van der Waals surface area contributed by atoms with Crippen LogP contribution in [0.3, 0.4) is 0 Å². The summed E-state index contributed by atoms with van der Waals surface area (Å²) in [6, 6.07) is 7.02. The van der Waals surface area contributed by atoms with Gasteiger partial charge in [-0.2, -0.15) is 0 Å². The number of carboxylic acid groups (broad SMARTS) is 1. The van der Waals surface area contributed by atoms with Crippen LogP contribution in [0.4, 0.5) is 0 Å². The Bertz CT molecular complexity index is 429. The Labute approximate surface area is 107 Å². The Balaban J connectivity index is 2.89. The van der Waals surface area contributed by atoms with Crippen LogP contribution < -0.4 is 5.32 Å². The largest absolute Gasteiger partial charge is 0.480 e. The molecule has 0 aliphatic rings. The van der Waals surface area contributed by atoms with E-state index in [0.29, 0.717) is 5.56 Å². The first-order valence-electron chi connectivity index (χ1n) is 4.65. The predicted molar refractivity (Wildman–Crippen MR) is 68.3 cm³/mol. The number of hydrogen-bond donors (Lipinski definition) is 2. The number of aliphatic carboxylic acids is 1. The van der Waals surface area contributed by atoms with Crippen LogP contribution in [0.5, 0.6) is 0 Å². The molecule has 0 heterocycles. The van der Waals surface area contributed by atoms with E-state index in [1.165, 1.54) is 13.8 Å². The van der Waals surface area contributed by atoms with Crippen molar-refractivity contribution in [2.45, 2.75) is 19.4 Å². The molecule has 1 amide bonds. The number of rotatable bonds is 3. The number of halogens is 1. The molecule has 0 unspecified atom stereocenters. The monoisotopic (exact) mass is 333 g/mol. The van der Waals surface area contributed by atoms with Crippen LogP contribution in [-0.4, -0.2) is 22.5 Å². The molecule has 0 saturated heterocycles. The molecule has 0 spiro atoms. The fraction of sp³-hybridized carbons (Fsp3) is 0.273. The fourth-order valence-electron chi connectivity index (χ4n) is 1.05. The summed E-state index contributed by atoms with van der Waals surface area (Å²) in [5.41, 5.74) is -0.784. The highest BCUT2D eigenvalue weighted by Gasteiger charge is 2.29. The number of carbonyl (C=O) groups is 2. The third-order valence-corrected chi connectivity index (χ3v) is 3.02. The lowest BCUT2D eigenvalue weighted by Crippen LogP contribution is -2.49. The summed E-state index contributed by atoms with van der Waals surface area (Å²) in [7, 11) is 0. The zero-order valence-corrected chi connectivity index (χ0v) is 11.1. The zero-order valence-electron chi connectivity index (χ0n) is 8.95. The molecule has 1 aromatic rings. The van der Waals surface area contributed by atoms with E-state index in [2.05, 4.69) is 5.32 Å². The lowest BCUT2D eigenvalue weighted by atomic mass is 10.1. The fourth-order valence-corrected chi connectivity index (χ4v) is 1.68. The van der Waals surface area contributed by atoms with Crippen LogP contribution in [0.15, 0.2) is 24.3 Å². The van der Waals surface area contributed by atoms with Crippen LogP contribution in [0.2, 0.25) is 0 Å². The Hall–Kier alpha value is -1.11. The molecule has 0 fully saturated rings. The second-order valence-corrected chi connectivity index (χ2v) is 5.03. The number of amides is 1. The summed E-state index contributed by atoms with van der Waals surface area (Å²) >= 11 is 2.04. The Kier molecular flexibility index (Phi) is 3.90. The van der Waals surface area contributed by atoms with Crippen molar-refractivity contribution in [2.75, 3.05) is 0 Å². The lowest BCUT2D eigenvalue weighted by molar-refractivity contribution is -0.143. The first-order valence-corrected chi connectivity index (χ1v) is 5.73. The molecule has 1 aromatic carbocycles. The quantitative estimate of drug-likeness (QED) is 0.830. The minimum atomic E-state index is -1.27. The highest BCUT2D eigenvalue weighted by molar-refractivity contribution is 14.1. The Morgan fingerprint density at radius 1 is 1.31 bits per heavy atom. The third kappa shape index (κ3) is 2.94. The number of nitrogens with one attached hydrogen (secondary N) is 1. The number of carbonyl (C=O) groups excluding carboxylic acids is 1. The molecule has 4 nitrogen and oxygen atoms in total. The summed E-state index contributed by atoms with van der Waals surface area (Å²) in [5, 5.41) is 11.4. The molecule has 5 heteroatoms. The van der Waals surface area contributed by atoms with E-state index in [0.717, 1.165) is 3.57 Å². The van der Waals surface area contributed by atoms with E-state index in [1.54, 1.807) is 18.2 Å². The summed E-state index contributed by atoms with van der Waals surface area (Å²) in [4.78, 5) is 22.7. The van der Waals surface area contributed by atoms with E-state index < -0.39 is 11.5 Å². The van der Waals surface area contributed by atoms with E-state index in [9.17, 15) is 9.59 Å². The maximum Gasteiger partial charge on any atom is 0.328 e. The van der Waals surface area contributed by atoms with Gasteiger partial charge in [-0.25, -0.2) is 4.79 Å². The second kappa shape index (κ2) is 4.82. The number of benzene rings is 1. The smallest absolute Gasteiger partial charge is 0.328 e. The van der Waals surface area contributed by atoms with E-state index in [4.69, 9.17) is 5.11 Å². The van der Waals surface area contributed by atoms with Crippen LogP contribution in [-0.2, 0) is 4.79 Å². The van der Waals surface area contributed by atoms with Gasteiger partial charge in [-0.15, -0.1) is 0 Å². The highest BCUT2D eigenvalue weighted by atomic mass is 127. The van der Waals surface area contributed by atoms with Crippen molar-refractivity contribution in [3.63, 3.8) is 0 Å². The maximum absolute atomic E-state index is 11.8. The van der Waals surface area contributed by atoms with E-state index >= 15 is 0 Å². The summed E-state index contributed by atoms with van der Waals surface area (Å²) in [6.45, 7) is 2.89.